The lowest BCUT2D eigenvalue weighted by molar-refractivity contribution is -0.137. The highest BCUT2D eigenvalue weighted by Crippen LogP contribution is 2.13. The highest BCUT2D eigenvalue weighted by atomic mass is 16.5. The summed E-state index contributed by atoms with van der Waals surface area (Å²) in [5, 5.41) is 17.4. The van der Waals surface area contributed by atoms with Crippen LogP contribution >= 0.6 is 0 Å². The van der Waals surface area contributed by atoms with Crippen LogP contribution in [0.15, 0.2) is 24.3 Å². The van der Waals surface area contributed by atoms with Gasteiger partial charge in [-0.1, -0.05) is 12.1 Å². The Morgan fingerprint density at radius 1 is 1.24 bits per heavy atom. The van der Waals surface area contributed by atoms with Gasteiger partial charge in [-0.25, -0.2) is 0 Å². The van der Waals surface area contributed by atoms with Crippen LogP contribution in [0.1, 0.15) is 31.2 Å². The summed E-state index contributed by atoms with van der Waals surface area (Å²) < 4.78 is 5.50. The van der Waals surface area contributed by atoms with E-state index in [1.54, 1.807) is 6.07 Å². The second-order valence-electron chi connectivity index (χ2n) is 3.86. The standard InChI is InChI=1S/C13H18O4/c14-10-11-5-4-6-12(9-11)17-8-3-1-2-7-13(15)16/h4-6,9,14H,1-3,7-8,10H2,(H,15,16). The van der Waals surface area contributed by atoms with Crippen LogP contribution in [-0.4, -0.2) is 22.8 Å². The third-order valence-corrected chi connectivity index (χ3v) is 2.38. The molecule has 0 amide bonds. The molecule has 0 aliphatic heterocycles. The summed E-state index contributed by atoms with van der Waals surface area (Å²) in [6.07, 6.45) is 2.61. The number of ether oxygens (including phenoxy) is 1. The number of aliphatic hydroxyl groups excluding tert-OH is 1. The highest BCUT2D eigenvalue weighted by molar-refractivity contribution is 5.66. The predicted molar refractivity (Wildman–Crippen MR) is 64.0 cm³/mol. The smallest absolute Gasteiger partial charge is 0.303 e. The van der Waals surface area contributed by atoms with Gasteiger partial charge in [0.15, 0.2) is 0 Å². The summed E-state index contributed by atoms with van der Waals surface area (Å²) in [7, 11) is 0. The molecule has 0 fully saturated rings. The molecule has 1 aromatic carbocycles. The van der Waals surface area contributed by atoms with Crippen molar-refractivity contribution < 1.29 is 19.7 Å². The van der Waals surface area contributed by atoms with E-state index in [4.69, 9.17) is 14.9 Å². The van der Waals surface area contributed by atoms with Crippen molar-refractivity contribution in [2.24, 2.45) is 0 Å². The highest BCUT2D eigenvalue weighted by Gasteiger charge is 1.98. The molecule has 4 heteroatoms. The number of carbonyl (C=O) groups is 1. The largest absolute Gasteiger partial charge is 0.494 e. The summed E-state index contributed by atoms with van der Waals surface area (Å²) in [5.41, 5.74) is 0.827. The number of hydrogen-bond donors (Lipinski definition) is 2. The summed E-state index contributed by atoms with van der Waals surface area (Å²) in [5.74, 6) is -0.00338. The fourth-order valence-electron chi connectivity index (χ4n) is 1.48. The molecule has 0 saturated heterocycles. The first-order valence-corrected chi connectivity index (χ1v) is 5.77. The van der Waals surface area contributed by atoms with Crippen LogP contribution in [-0.2, 0) is 11.4 Å². The minimum absolute atomic E-state index is 0.00973. The Bertz CT molecular complexity index is 349. The Hall–Kier alpha value is -1.55. The minimum atomic E-state index is -0.749. The second-order valence-corrected chi connectivity index (χ2v) is 3.86. The van der Waals surface area contributed by atoms with Gasteiger partial charge in [-0.15, -0.1) is 0 Å². The van der Waals surface area contributed by atoms with Crippen LogP contribution in [0, 0.1) is 0 Å². The summed E-state index contributed by atoms with van der Waals surface area (Å²) in [6.45, 7) is 0.588. The third-order valence-electron chi connectivity index (χ3n) is 2.38. The van der Waals surface area contributed by atoms with Gasteiger partial charge in [0.2, 0.25) is 0 Å². The minimum Gasteiger partial charge on any atom is -0.494 e. The third kappa shape index (κ3) is 5.92. The van der Waals surface area contributed by atoms with E-state index in [-0.39, 0.29) is 13.0 Å². The first kappa shape index (κ1) is 13.5. The zero-order chi connectivity index (χ0) is 12.5. The lowest BCUT2D eigenvalue weighted by atomic mass is 10.2. The molecule has 0 spiro atoms. The van der Waals surface area contributed by atoms with Crippen molar-refractivity contribution in [2.45, 2.75) is 32.3 Å². The molecular weight excluding hydrogens is 220 g/mol. The summed E-state index contributed by atoms with van der Waals surface area (Å²) >= 11 is 0. The van der Waals surface area contributed by atoms with Gasteiger partial charge in [-0.05, 0) is 37.0 Å². The van der Waals surface area contributed by atoms with Crippen LogP contribution in [0.25, 0.3) is 0 Å². The molecule has 0 aliphatic rings. The zero-order valence-electron chi connectivity index (χ0n) is 9.76. The number of rotatable bonds is 8. The average Bonchev–Trinajstić information content (AvgIpc) is 2.33. The van der Waals surface area contributed by atoms with Gasteiger partial charge in [-0.2, -0.15) is 0 Å². The maximum Gasteiger partial charge on any atom is 0.303 e. The van der Waals surface area contributed by atoms with Crippen LogP contribution in [0.3, 0.4) is 0 Å². The molecule has 0 atom stereocenters. The lowest BCUT2D eigenvalue weighted by Gasteiger charge is -2.06. The van der Waals surface area contributed by atoms with E-state index in [9.17, 15) is 4.79 Å². The van der Waals surface area contributed by atoms with Gasteiger partial charge in [-0.3, -0.25) is 4.79 Å². The molecule has 2 N–H and O–H groups in total. The fraction of sp³-hybridized carbons (Fsp3) is 0.462. The molecule has 0 radical (unpaired) electrons. The van der Waals surface area contributed by atoms with Crippen LogP contribution in [0.2, 0.25) is 0 Å². The monoisotopic (exact) mass is 238 g/mol. The molecule has 0 bridgehead atoms. The summed E-state index contributed by atoms with van der Waals surface area (Å²) in [6, 6.07) is 7.32. The SMILES string of the molecule is O=C(O)CCCCCOc1cccc(CO)c1. The van der Waals surface area contributed by atoms with Gasteiger partial charge in [0, 0.05) is 6.42 Å². The molecule has 0 saturated carbocycles. The Labute approximate surface area is 101 Å². The maximum atomic E-state index is 10.3. The Morgan fingerprint density at radius 2 is 2.06 bits per heavy atom. The van der Waals surface area contributed by atoms with Gasteiger partial charge in [0.25, 0.3) is 0 Å². The van der Waals surface area contributed by atoms with E-state index >= 15 is 0 Å². The van der Waals surface area contributed by atoms with E-state index in [1.165, 1.54) is 0 Å². The summed E-state index contributed by atoms with van der Waals surface area (Å²) in [4.78, 5) is 10.3. The van der Waals surface area contributed by atoms with Crippen LogP contribution in [0.4, 0.5) is 0 Å². The van der Waals surface area contributed by atoms with Crippen LogP contribution in [0.5, 0.6) is 5.75 Å². The average molecular weight is 238 g/mol. The maximum absolute atomic E-state index is 10.3. The van der Waals surface area contributed by atoms with Crippen molar-refractivity contribution >= 4 is 5.97 Å². The van der Waals surface area contributed by atoms with E-state index in [1.807, 2.05) is 18.2 Å². The molecular formula is C13H18O4. The normalized spacial score (nSPS) is 10.2. The number of unbranched alkanes of at least 4 members (excludes halogenated alkanes) is 2. The van der Waals surface area contributed by atoms with Crippen molar-refractivity contribution in [3.8, 4) is 5.75 Å². The number of benzene rings is 1. The number of aliphatic carboxylic acids is 1. The molecule has 0 heterocycles. The van der Waals surface area contributed by atoms with Gasteiger partial charge >= 0.3 is 5.97 Å². The van der Waals surface area contributed by atoms with E-state index in [0.717, 1.165) is 24.2 Å². The van der Waals surface area contributed by atoms with Crippen molar-refractivity contribution in [2.75, 3.05) is 6.61 Å². The number of hydrogen-bond acceptors (Lipinski definition) is 3. The van der Waals surface area contributed by atoms with Crippen molar-refractivity contribution in [3.63, 3.8) is 0 Å². The molecule has 94 valence electrons. The number of carboxylic acid groups (broad SMARTS) is 1. The van der Waals surface area contributed by atoms with Crippen molar-refractivity contribution in [1.29, 1.82) is 0 Å². The topological polar surface area (TPSA) is 66.8 Å². The molecule has 4 nitrogen and oxygen atoms in total. The first-order chi connectivity index (χ1) is 8.22. The molecule has 0 aromatic heterocycles. The molecule has 1 rings (SSSR count). The first-order valence-electron chi connectivity index (χ1n) is 5.77. The van der Waals surface area contributed by atoms with E-state index in [2.05, 4.69) is 0 Å². The molecule has 0 unspecified atom stereocenters. The Kier molecular flexibility index (Phi) is 6.10. The van der Waals surface area contributed by atoms with Crippen molar-refractivity contribution in [1.82, 2.24) is 0 Å². The van der Waals surface area contributed by atoms with E-state index < -0.39 is 5.97 Å². The van der Waals surface area contributed by atoms with Gasteiger partial charge in [0.05, 0.1) is 13.2 Å². The van der Waals surface area contributed by atoms with Crippen LogP contribution < -0.4 is 4.74 Å². The predicted octanol–water partition coefficient (Wildman–Crippen LogP) is 2.20. The molecule has 1 aromatic rings. The molecule has 17 heavy (non-hydrogen) atoms. The second kappa shape index (κ2) is 7.68. The Balaban J connectivity index is 2.15. The zero-order valence-corrected chi connectivity index (χ0v) is 9.76. The fourth-order valence-corrected chi connectivity index (χ4v) is 1.48. The number of carboxylic acids is 1. The number of aliphatic hydroxyl groups is 1. The quantitative estimate of drug-likeness (QED) is 0.681. The lowest BCUT2D eigenvalue weighted by Crippen LogP contribution is -1.99. The Morgan fingerprint density at radius 3 is 2.76 bits per heavy atom. The van der Waals surface area contributed by atoms with E-state index in [0.29, 0.717) is 13.0 Å². The van der Waals surface area contributed by atoms with Gasteiger partial charge in [0.1, 0.15) is 5.75 Å². The van der Waals surface area contributed by atoms with Crippen molar-refractivity contribution in [3.05, 3.63) is 29.8 Å². The molecule has 0 aliphatic carbocycles. The van der Waals surface area contributed by atoms with Gasteiger partial charge < -0.3 is 14.9 Å².